The van der Waals surface area contributed by atoms with Crippen molar-refractivity contribution in [3.05, 3.63) is 35.9 Å². The summed E-state index contributed by atoms with van der Waals surface area (Å²) in [7, 11) is 0. The van der Waals surface area contributed by atoms with Gasteiger partial charge < -0.3 is 16.0 Å². The zero-order valence-corrected chi connectivity index (χ0v) is 13.9. The molecule has 0 bridgehead atoms. The maximum absolute atomic E-state index is 12.1. The fraction of sp³-hybridized carbons (Fsp3) is 0.632. The molecule has 2 aliphatic rings. The number of hydrogen-bond acceptors (Lipinski definition) is 3. The first-order valence-electron chi connectivity index (χ1n) is 9.04. The van der Waals surface area contributed by atoms with Crippen molar-refractivity contribution in [1.82, 2.24) is 10.2 Å². The van der Waals surface area contributed by atoms with Crippen molar-refractivity contribution in [3.63, 3.8) is 0 Å². The Morgan fingerprint density at radius 3 is 2.61 bits per heavy atom. The molecule has 1 aliphatic carbocycles. The summed E-state index contributed by atoms with van der Waals surface area (Å²) in [6, 6.07) is 11.1. The minimum atomic E-state index is 0.166. The van der Waals surface area contributed by atoms with Gasteiger partial charge in [0.2, 0.25) is 5.91 Å². The third-order valence-electron chi connectivity index (χ3n) is 5.29. The number of amides is 1. The molecule has 1 aromatic rings. The first-order valence-corrected chi connectivity index (χ1v) is 9.04. The molecule has 2 atom stereocenters. The van der Waals surface area contributed by atoms with Crippen LogP contribution in [-0.2, 0) is 4.79 Å². The number of nitrogens with zero attached hydrogens (tertiary/aromatic N) is 1. The maximum atomic E-state index is 12.1. The zero-order valence-electron chi connectivity index (χ0n) is 13.9. The lowest BCUT2D eigenvalue weighted by Crippen LogP contribution is -2.38. The number of rotatable bonds is 5. The van der Waals surface area contributed by atoms with Gasteiger partial charge in [-0.3, -0.25) is 4.79 Å². The van der Waals surface area contributed by atoms with E-state index in [9.17, 15) is 4.79 Å². The number of carbonyl (C=O) groups is 1. The van der Waals surface area contributed by atoms with Crippen LogP contribution in [-0.4, -0.2) is 42.5 Å². The molecule has 3 rings (SSSR count). The van der Waals surface area contributed by atoms with Gasteiger partial charge in [-0.25, -0.2) is 0 Å². The Bertz CT molecular complexity index is 499. The van der Waals surface area contributed by atoms with Crippen LogP contribution in [0.3, 0.4) is 0 Å². The van der Waals surface area contributed by atoms with Crippen molar-refractivity contribution in [2.75, 3.05) is 19.6 Å². The van der Waals surface area contributed by atoms with E-state index in [0.717, 1.165) is 32.5 Å². The number of hydrogen-bond donors (Lipinski definition) is 2. The number of nitrogens with one attached hydrogen (secondary N) is 1. The first kappa shape index (κ1) is 16.5. The van der Waals surface area contributed by atoms with Gasteiger partial charge in [0.1, 0.15) is 0 Å². The smallest absolute Gasteiger partial charge is 0.221 e. The second kappa shape index (κ2) is 7.93. The third kappa shape index (κ3) is 4.55. The minimum Gasteiger partial charge on any atom is -0.353 e. The standard InChI is InChI=1S/C19H29N3O/c20-18-14-22(13-17(18)15-7-3-1-4-8-15)12-11-19(23)21-16-9-5-2-6-10-16/h1,3-4,7-8,16-18H,2,5-6,9-14,20H2,(H,21,23)/t17-,18+/m1/s1. The molecule has 1 amide bonds. The minimum absolute atomic E-state index is 0.166. The molecule has 0 spiro atoms. The monoisotopic (exact) mass is 315 g/mol. The summed E-state index contributed by atoms with van der Waals surface area (Å²) in [5.74, 6) is 0.589. The van der Waals surface area contributed by atoms with E-state index in [1.54, 1.807) is 0 Å². The van der Waals surface area contributed by atoms with Crippen LogP contribution in [0.5, 0.6) is 0 Å². The van der Waals surface area contributed by atoms with Crippen LogP contribution in [0.2, 0.25) is 0 Å². The van der Waals surface area contributed by atoms with Gasteiger partial charge in [0.25, 0.3) is 0 Å². The molecule has 1 saturated carbocycles. The lowest BCUT2D eigenvalue weighted by molar-refractivity contribution is -0.122. The Morgan fingerprint density at radius 1 is 1.13 bits per heavy atom. The van der Waals surface area contributed by atoms with Gasteiger partial charge in [0, 0.05) is 44.1 Å². The molecule has 1 aliphatic heterocycles. The van der Waals surface area contributed by atoms with Crippen LogP contribution in [0.4, 0.5) is 0 Å². The average molecular weight is 315 g/mol. The summed E-state index contributed by atoms with van der Waals surface area (Å²) in [6.45, 7) is 2.66. The molecule has 0 radical (unpaired) electrons. The van der Waals surface area contributed by atoms with Gasteiger partial charge >= 0.3 is 0 Å². The van der Waals surface area contributed by atoms with Crippen LogP contribution in [0, 0.1) is 0 Å². The Balaban J connectivity index is 1.43. The zero-order chi connectivity index (χ0) is 16.1. The van der Waals surface area contributed by atoms with Gasteiger partial charge in [-0.05, 0) is 18.4 Å². The summed E-state index contributed by atoms with van der Waals surface area (Å²) < 4.78 is 0. The maximum Gasteiger partial charge on any atom is 0.221 e. The van der Waals surface area contributed by atoms with E-state index in [2.05, 4.69) is 34.5 Å². The Labute approximate surface area is 139 Å². The predicted molar refractivity (Wildman–Crippen MR) is 93.2 cm³/mol. The van der Waals surface area contributed by atoms with Gasteiger partial charge in [0.15, 0.2) is 0 Å². The van der Waals surface area contributed by atoms with Crippen LogP contribution in [0.15, 0.2) is 30.3 Å². The van der Waals surface area contributed by atoms with E-state index in [4.69, 9.17) is 5.73 Å². The van der Waals surface area contributed by atoms with Gasteiger partial charge in [-0.15, -0.1) is 0 Å². The van der Waals surface area contributed by atoms with Crippen molar-refractivity contribution in [2.24, 2.45) is 5.73 Å². The third-order valence-corrected chi connectivity index (χ3v) is 5.29. The van der Waals surface area contributed by atoms with Gasteiger partial charge in [0.05, 0.1) is 0 Å². The summed E-state index contributed by atoms with van der Waals surface area (Å²) in [5.41, 5.74) is 7.63. The molecule has 2 fully saturated rings. The van der Waals surface area contributed by atoms with Gasteiger partial charge in [-0.2, -0.15) is 0 Å². The molecule has 1 heterocycles. The summed E-state index contributed by atoms with van der Waals surface area (Å²) in [6.07, 6.45) is 6.71. The SMILES string of the molecule is N[C@H]1CN(CCC(=O)NC2CCCCC2)C[C@@H]1c1ccccc1. The Kier molecular flexibility index (Phi) is 5.68. The topological polar surface area (TPSA) is 58.4 Å². The van der Waals surface area contributed by atoms with Crippen LogP contribution in [0.25, 0.3) is 0 Å². The van der Waals surface area contributed by atoms with E-state index in [1.807, 2.05) is 6.07 Å². The lowest BCUT2D eigenvalue weighted by atomic mass is 9.95. The molecule has 1 saturated heterocycles. The molecule has 3 N–H and O–H groups in total. The molecular weight excluding hydrogens is 286 g/mol. The van der Waals surface area contributed by atoms with E-state index in [-0.39, 0.29) is 11.9 Å². The van der Waals surface area contributed by atoms with Crippen LogP contribution in [0.1, 0.15) is 50.0 Å². The Morgan fingerprint density at radius 2 is 1.87 bits per heavy atom. The molecular formula is C19H29N3O. The van der Waals surface area contributed by atoms with E-state index < -0.39 is 0 Å². The van der Waals surface area contributed by atoms with Crippen molar-refractivity contribution in [1.29, 1.82) is 0 Å². The molecule has 23 heavy (non-hydrogen) atoms. The van der Waals surface area contributed by atoms with Gasteiger partial charge in [-0.1, -0.05) is 49.6 Å². The summed E-state index contributed by atoms with van der Waals surface area (Å²) in [4.78, 5) is 14.5. The highest BCUT2D eigenvalue weighted by Gasteiger charge is 2.31. The van der Waals surface area contributed by atoms with Crippen LogP contribution >= 0.6 is 0 Å². The normalized spacial score (nSPS) is 26.3. The predicted octanol–water partition coefficient (Wildman–Crippen LogP) is 2.25. The van der Waals surface area contributed by atoms with Crippen molar-refractivity contribution in [3.8, 4) is 0 Å². The van der Waals surface area contributed by atoms with Crippen LogP contribution < -0.4 is 11.1 Å². The number of likely N-dealkylation sites (tertiary alicyclic amines) is 1. The van der Waals surface area contributed by atoms with E-state index in [1.165, 1.54) is 24.8 Å². The quantitative estimate of drug-likeness (QED) is 0.876. The molecule has 0 unspecified atom stereocenters. The summed E-state index contributed by atoms with van der Waals surface area (Å²) >= 11 is 0. The lowest BCUT2D eigenvalue weighted by Gasteiger charge is -2.23. The number of carbonyl (C=O) groups excluding carboxylic acids is 1. The largest absolute Gasteiger partial charge is 0.353 e. The molecule has 126 valence electrons. The Hall–Kier alpha value is -1.39. The van der Waals surface area contributed by atoms with E-state index in [0.29, 0.717) is 18.4 Å². The fourth-order valence-electron chi connectivity index (χ4n) is 3.96. The summed E-state index contributed by atoms with van der Waals surface area (Å²) in [5, 5.41) is 3.20. The van der Waals surface area contributed by atoms with Crippen molar-refractivity contribution < 1.29 is 4.79 Å². The highest BCUT2D eigenvalue weighted by atomic mass is 16.1. The molecule has 4 heteroatoms. The second-order valence-electron chi connectivity index (χ2n) is 7.09. The second-order valence-corrected chi connectivity index (χ2v) is 7.09. The van der Waals surface area contributed by atoms with E-state index >= 15 is 0 Å². The highest BCUT2D eigenvalue weighted by Crippen LogP contribution is 2.26. The molecule has 0 aromatic heterocycles. The number of benzene rings is 1. The first-order chi connectivity index (χ1) is 11.2. The average Bonchev–Trinajstić information content (AvgIpc) is 2.96. The fourth-order valence-corrected chi connectivity index (χ4v) is 3.96. The highest BCUT2D eigenvalue weighted by molar-refractivity contribution is 5.76. The molecule has 1 aromatic carbocycles. The van der Waals surface area contributed by atoms with Crippen molar-refractivity contribution >= 4 is 5.91 Å². The molecule has 4 nitrogen and oxygen atoms in total. The number of nitrogens with two attached hydrogens (primary N) is 1. The van der Waals surface area contributed by atoms with Crippen molar-refractivity contribution in [2.45, 2.75) is 56.5 Å².